The second-order valence-corrected chi connectivity index (χ2v) is 6.23. The van der Waals surface area contributed by atoms with E-state index in [4.69, 9.17) is 0 Å². The molecule has 1 aromatic carbocycles. The van der Waals surface area contributed by atoms with E-state index in [1.54, 1.807) is 29.1 Å². The Morgan fingerprint density at radius 3 is 2.56 bits per heavy atom. The van der Waals surface area contributed by atoms with E-state index in [0.717, 1.165) is 16.9 Å². The molecule has 0 fully saturated rings. The van der Waals surface area contributed by atoms with E-state index in [2.05, 4.69) is 10.1 Å². The summed E-state index contributed by atoms with van der Waals surface area (Å²) in [4.78, 5) is 28.0. The smallest absolute Gasteiger partial charge is 0.341 e. The van der Waals surface area contributed by atoms with Crippen LogP contribution in [0.25, 0.3) is 16.7 Å². The van der Waals surface area contributed by atoms with Crippen LogP contribution in [0, 0.1) is 6.92 Å². The number of rotatable bonds is 4. The minimum absolute atomic E-state index is 0.265. The Morgan fingerprint density at radius 1 is 1.11 bits per heavy atom. The minimum atomic E-state index is -1.25. The summed E-state index contributed by atoms with van der Waals surface area (Å²) < 4.78 is 3.52. The van der Waals surface area contributed by atoms with Crippen molar-refractivity contribution in [1.29, 1.82) is 0 Å². The van der Waals surface area contributed by atoms with Crippen molar-refractivity contribution >= 4 is 17.0 Å². The molecule has 3 heterocycles. The van der Waals surface area contributed by atoms with Gasteiger partial charge < -0.3 is 9.67 Å². The first kappa shape index (κ1) is 16.7. The van der Waals surface area contributed by atoms with Crippen molar-refractivity contribution in [3.05, 3.63) is 88.1 Å². The zero-order chi connectivity index (χ0) is 19.0. The normalized spacial score (nSPS) is 11.0. The number of aryl methyl sites for hydroxylation is 1. The lowest BCUT2D eigenvalue weighted by Gasteiger charge is -2.12. The summed E-state index contributed by atoms with van der Waals surface area (Å²) >= 11 is 0. The summed E-state index contributed by atoms with van der Waals surface area (Å²) in [6.07, 6.45) is 4.68. The van der Waals surface area contributed by atoms with Crippen molar-refractivity contribution in [2.75, 3.05) is 0 Å². The van der Waals surface area contributed by atoms with Gasteiger partial charge in [-0.2, -0.15) is 5.10 Å². The summed E-state index contributed by atoms with van der Waals surface area (Å²) in [5.74, 6) is -1.25. The van der Waals surface area contributed by atoms with Gasteiger partial charge in [-0.25, -0.2) is 14.5 Å². The third kappa shape index (κ3) is 2.99. The molecule has 0 radical (unpaired) electrons. The number of nitrogens with zero attached hydrogens (tertiary/aromatic N) is 4. The van der Waals surface area contributed by atoms with Crippen LogP contribution >= 0.6 is 0 Å². The lowest BCUT2D eigenvalue weighted by molar-refractivity contribution is 0.0695. The van der Waals surface area contributed by atoms with Gasteiger partial charge in [0.2, 0.25) is 5.43 Å². The van der Waals surface area contributed by atoms with E-state index in [-0.39, 0.29) is 5.56 Å². The Labute approximate surface area is 154 Å². The molecule has 0 bridgehead atoms. The number of carboxylic acid groups (broad SMARTS) is 1. The van der Waals surface area contributed by atoms with Crippen molar-refractivity contribution < 1.29 is 9.90 Å². The summed E-state index contributed by atoms with van der Waals surface area (Å²) in [5.41, 5.74) is 2.60. The minimum Gasteiger partial charge on any atom is -0.477 e. The number of aromatic carboxylic acids is 1. The van der Waals surface area contributed by atoms with Crippen LogP contribution in [-0.2, 0) is 6.54 Å². The molecule has 0 spiro atoms. The van der Waals surface area contributed by atoms with Crippen LogP contribution in [0.3, 0.4) is 0 Å². The van der Waals surface area contributed by atoms with Gasteiger partial charge in [-0.05, 0) is 42.8 Å². The summed E-state index contributed by atoms with van der Waals surface area (Å²) in [7, 11) is 0. The third-order valence-electron chi connectivity index (χ3n) is 4.43. The Kier molecular flexibility index (Phi) is 4.04. The molecule has 4 aromatic rings. The van der Waals surface area contributed by atoms with Crippen LogP contribution in [0.15, 0.2) is 65.8 Å². The fourth-order valence-electron chi connectivity index (χ4n) is 3.08. The lowest BCUT2D eigenvalue weighted by atomic mass is 10.1. The topological polar surface area (TPSA) is 90.0 Å². The third-order valence-corrected chi connectivity index (χ3v) is 4.43. The highest BCUT2D eigenvalue weighted by Gasteiger charge is 2.15. The molecule has 7 nitrogen and oxygen atoms in total. The van der Waals surface area contributed by atoms with Gasteiger partial charge in [-0.15, -0.1) is 0 Å². The first-order valence-electron chi connectivity index (χ1n) is 8.36. The van der Waals surface area contributed by atoms with Crippen molar-refractivity contribution in [1.82, 2.24) is 19.3 Å². The molecule has 0 saturated carbocycles. The lowest BCUT2D eigenvalue weighted by Crippen LogP contribution is -2.19. The predicted octanol–water partition coefficient (Wildman–Crippen LogP) is 2.64. The second-order valence-electron chi connectivity index (χ2n) is 6.23. The molecular formula is C20H16N4O3. The Bertz CT molecular complexity index is 1210. The highest BCUT2D eigenvalue weighted by Crippen LogP contribution is 2.15. The summed E-state index contributed by atoms with van der Waals surface area (Å²) in [6, 6.07) is 12.9. The Morgan fingerprint density at radius 2 is 1.89 bits per heavy atom. The first-order chi connectivity index (χ1) is 13.0. The quantitative estimate of drug-likeness (QED) is 0.604. The fourth-order valence-corrected chi connectivity index (χ4v) is 3.08. The largest absolute Gasteiger partial charge is 0.477 e. The summed E-state index contributed by atoms with van der Waals surface area (Å²) in [5, 5.41) is 13.9. The molecule has 0 saturated heterocycles. The number of aromatic nitrogens is 4. The van der Waals surface area contributed by atoms with Crippen molar-refractivity contribution in [2.24, 2.45) is 0 Å². The molecule has 27 heavy (non-hydrogen) atoms. The molecule has 4 rings (SSSR count). The zero-order valence-corrected chi connectivity index (χ0v) is 14.5. The van der Waals surface area contributed by atoms with Crippen molar-refractivity contribution in [3.63, 3.8) is 0 Å². The average molecular weight is 360 g/mol. The SMILES string of the molecule is Cc1ccnn1-c1ccc(Cn2cc(C(=O)O)c(=O)c3cccnc32)cc1. The van der Waals surface area contributed by atoms with Crippen LogP contribution in [0.4, 0.5) is 0 Å². The fraction of sp³-hybridized carbons (Fsp3) is 0.100. The highest BCUT2D eigenvalue weighted by atomic mass is 16.4. The molecule has 0 amide bonds. The van der Waals surface area contributed by atoms with Gasteiger partial charge in [0, 0.05) is 30.8 Å². The maximum absolute atomic E-state index is 12.3. The molecule has 7 heteroatoms. The molecule has 0 aliphatic rings. The van der Waals surface area contributed by atoms with E-state index in [9.17, 15) is 14.7 Å². The van der Waals surface area contributed by atoms with Gasteiger partial charge in [-0.3, -0.25) is 4.79 Å². The van der Waals surface area contributed by atoms with E-state index < -0.39 is 11.4 Å². The Balaban J connectivity index is 1.75. The number of pyridine rings is 2. The molecule has 0 atom stereocenters. The number of fused-ring (bicyclic) bond motifs is 1. The summed E-state index contributed by atoms with van der Waals surface area (Å²) in [6.45, 7) is 2.37. The molecule has 134 valence electrons. The maximum atomic E-state index is 12.3. The van der Waals surface area contributed by atoms with Crippen LogP contribution in [-0.4, -0.2) is 30.4 Å². The number of hydrogen-bond donors (Lipinski definition) is 1. The van der Waals surface area contributed by atoms with Crippen LogP contribution in [0.1, 0.15) is 21.6 Å². The molecule has 1 N–H and O–H groups in total. The van der Waals surface area contributed by atoms with Crippen LogP contribution in [0.5, 0.6) is 0 Å². The Hall–Kier alpha value is -3.74. The second kappa shape index (κ2) is 6.53. The van der Waals surface area contributed by atoms with Gasteiger partial charge in [-0.1, -0.05) is 12.1 Å². The van der Waals surface area contributed by atoms with Crippen molar-refractivity contribution in [2.45, 2.75) is 13.5 Å². The number of benzene rings is 1. The van der Waals surface area contributed by atoms with Gasteiger partial charge in [0.05, 0.1) is 11.1 Å². The molecule has 3 aromatic heterocycles. The average Bonchev–Trinajstić information content (AvgIpc) is 3.10. The van der Waals surface area contributed by atoms with Gasteiger partial charge in [0.25, 0.3) is 0 Å². The number of hydrogen-bond acceptors (Lipinski definition) is 4. The van der Waals surface area contributed by atoms with E-state index >= 15 is 0 Å². The highest BCUT2D eigenvalue weighted by molar-refractivity contribution is 5.91. The monoisotopic (exact) mass is 360 g/mol. The van der Waals surface area contributed by atoms with E-state index in [0.29, 0.717) is 17.6 Å². The van der Waals surface area contributed by atoms with Crippen molar-refractivity contribution in [3.8, 4) is 5.69 Å². The van der Waals surface area contributed by atoms with Gasteiger partial charge in [0.1, 0.15) is 11.2 Å². The van der Waals surface area contributed by atoms with Crippen LogP contribution < -0.4 is 5.43 Å². The van der Waals surface area contributed by atoms with Crippen LogP contribution in [0.2, 0.25) is 0 Å². The van der Waals surface area contributed by atoms with E-state index in [1.165, 1.54) is 6.20 Å². The first-order valence-corrected chi connectivity index (χ1v) is 8.36. The predicted molar refractivity (Wildman–Crippen MR) is 100 cm³/mol. The molecule has 0 aliphatic heterocycles. The van der Waals surface area contributed by atoms with Gasteiger partial charge in [0.15, 0.2) is 0 Å². The molecular weight excluding hydrogens is 344 g/mol. The number of carboxylic acids is 1. The zero-order valence-electron chi connectivity index (χ0n) is 14.5. The number of carbonyl (C=O) groups is 1. The van der Waals surface area contributed by atoms with E-state index in [1.807, 2.05) is 41.9 Å². The molecule has 0 unspecified atom stereocenters. The molecule has 0 aliphatic carbocycles. The van der Waals surface area contributed by atoms with Gasteiger partial charge >= 0.3 is 5.97 Å². The standard InChI is InChI=1S/C20H16N4O3/c1-13-8-10-22-24(13)15-6-4-14(5-7-15)11-23-12-17(20(26)27)18(25)16-3-2-9-21-19(16)23/h2-10,12H,11H2,1H3,(H,26,27). The maximum Gasteiger partial charge on any atom is 0.341 e.